The van der Waals surface area contributed by atoms with Crippen molar-refractivity contribution in [1.29, 1.82) is 0 Å². The van der Waals surface area contributed by atoms with Crippen molar-refractivity contribution in [3.63, 3.8) is 0 Å². The SMILES string of the molecule is CCC(=O)OCC1CCC(C(=O)C(C)(C)C)CC1. The van der Waals surface area contributed by atoms with Gasteiger partial charge in [0.2, 0.25) is 0 Å². The second-order valence-corrected chi connectivity index (χ2v) is 6.37. The fourth-order valence-corrected chi connectivity index (χ4v) is 2.52. The summed E-state index contributed by atoms with van der Waals surface area (Å²) >= 11 is 0. The largest absolute Gasteiger partial charge is 0.465 e. The van der Waals surface area contributed by atoms with Gasteiger partial charge in [-0.2, -0.15) is 0 Å². The van der Waals surface area contributed by atoms with E-state index in [1.54, 1.807) is 6.92 Å². The Balaban J connectivity index is 2.33. The van der Waals surface area contributed by atoms with Crippen LogP contribution in [0.1, 0.15) is 59.8 Å². The zero-order valence-corrected chi connectivity index (χ0v) is 12.1. The fraction of sp³-hybridized carbons (Fsp3) is 0.867. The summed E-state index contributed by atoms with van der Waals surface area (Å²) in [5.41, 5.74) is -0.230. The van der Waals surface area contributed by atoms with E-state index in [1.807, 2.05) is 20.8 Å². The van der Waals surface area contributed by atoms with Gasteiger partial charge in [0.05, 0.1) is 6.61 Å². The number of hydrogen-bond donors (Lipinski definition) is 0. The summed E-state index contributed by atoms with van der Waals surface area (Å²) in [4.78, 5) is 23.2. The van der Waals surface area contributed by atoms with Gasteiger partial charge < -0.3 is 4.74 Å². The molecule has 3 nitrogen and oxygen atoms in total. The lowest BCUT2D eigenvalue weighted by Crippen LogP contribution is -2.32. The van der Waals surface area contributed by atoms with Crippen LogP contribution in [0.2, 0.25) is 0 Å². The third-order valence-electron chi connectivity index (χ3n) is 3.73. The van der Waals surface area contributed by atoms with Gasteiger partial charge in [-0.25, -0.2) is 0 Å². The molecule has 0 unspecified atom stereocenters. The van der Waals surface area contributed by atoms with Crippen LogP contribution in [0.4, 0.5) is 0 Å². The van der Waals surface area contributed by atoms with Crippen molar-refractivity contribution in [2.45, 2.75) is 59.8 Å². The van der Waals surface area contributed by atoms with Crippen molar-refractivity contribution in [3.8, 4) is 0 Å². The summed E-state index contributed by atoms with van der Waals surface area (Å²) in [6.45, 7) is 8.31. The van der Waals surface area contributed by atoms with E-state index in [-0.39, 0.29) is 17.3 Å². The molecule has 0 saturated heterocycles. The summed E-state index contributed by atoms with van der Waals surface area (Å²) in [5.74, 6) is 0.919. The highest BCUT2D eigenvalue weighted by Gasteiger charge is 2.32. The van der Waals surface area contributed by atoms with Gasteiger partial charge in [0, 0.05) is 17.8 Å². The Morgan fingerprint density at radius 1 is 1.11 bits per heavy atom. The van der Waals surface area contributed by atoms with E-state index in [4.69, 9.17) is 4.74 Å². The average Bonchev–Trinajstić information content (AvgIpc) is 2.34. The highest BCUT2D eigenvalue weighted by Crippen LogP contribution is 2.34. The minimum absolute atomic E-state index is 0.122. The molecule has 0 amide bonds. The van der Waals surface area contributed by atoms with Gasteiger partial charge in [0.1, 0.15) is 5.78 Å². The molecular formula is C15H26O3. The van der Waals surface area contributed by atoms with Crippen LogP contribution in [0, 0.1) is 17.3 Å². The zero-order chi connectivity index (χ0) is 13.8. The number of esters is 1. The lowest BCUT2D eigenvalue weighted by Gasteiger charge is -2.31. The lowest BCUT2D eigenvalue weighted by molar-refractivity contribution is -0.145. The minimum Gasteiger partial charge on any atom is -0.465 e. The number of rotatable bonds is 4. The molecule has 1 aliphatic rings. The number of Topliss-reactive ketones (excluding diaryl/α,β-unsaturated/α-hetero) is 1. The van der Waals surface area contributed by atoms with E-state index < -0.39 is 0 Å². The van der Waals surface area contributed by atoms with Crippen LogP contribution >= 0.6 is 0 Å². The van der Waals surface area contributed by atoms with Crippen molar-refractivity contribution in [2.75, 3.05) is 6.61 Å². The first-order valence-corrected chi connectivity index (χ1v) is 7.04. The second-order valence-electron chi connectivity index (χ2n) is 6.37. The van der Waals surface area contributed by atoms with E-state index >= 15 is 0 Å². The Morgan fingerprint density at radius 3 is 2.11 bits per heavy atom. The maximum absolute atomic E-state index is 12.2. The first-order chi connectivity index (χ1) is 8.34. The van der Waals surface area contributed by atoms with Crippen LogP contribution in [0.3, 0.4) is 0 Å². The molecule has 0 radical (unpaired) electrons. The predicted octanol–water partition coefficient (Wildman–Crippen LogP) is 3.36. The summed E-state index contributed by atoms with van der Waals surface area (Å²) in [6, 6.07) is 0. The summed E-state index contributed by atoms with van der Waals surface area (Å²) in [7, 11) is 0. The monoisotopic (exact) mass is 254 g/mol. The summed E-state index contributed by atoms with van der Waals surface area (Å²) < 4.78 is 5.17. The maximum atomic E-state index is 12.2. The van der Waals surface area contributed by atoms with Gasteiger partial charge in [0.15, 0.2) is 0 Å². The topological polar surface area (TPSA) is 43.4 Å². The quantitative estimate of drug-likeness (QED) is 0.722. The van der Waals surface area contributed by atoms with Crippen LogP contribution in [-0.4, -0.2) is 18.4 Å². The van der Waals surface area contributed by atoms with Crippen molar-refractivity contribution in [1.82, 2.24) is 0 Å². The molecule has 0 bridgehead atoms. The van der Waals surface area contributed by atoms with E-state index in [2.05, 4.69) is 0 Å². The summed E-state index contributed by atoms with van der Waals surface area (Å²) in [6.07, 6.45) is 4.35. The molecular weight excluding hydrogens is 228 g/mol. The number of carbonyl (C=O) groups is 2. The molecule has 0 aliphatic heterocycles. The van der Waals surface area contributed by atoms with E-state index in [0.29, 0.717) is 24.7 Å². The Morgan fingerprint density at radius 2 is 1.67 bits per heavy atom. The fourth-order valence-electron chi connectivity index (χ4n) is 2.52. The second kappa shape index (κ2) is 6.35. The Hall–Kier alpha value is -0.860. The summed E-state index contributed by atoms with van der Waals surface area (Å²) in [5, 5.41) is 0. The van der Waals surface area contributed by atoms with Gasteiger partial charge in [-0.15, -0.1) is 0 Å². The molecule has 1 saturated carbocycles. The maximum Gasteiger partial charge on any atom is 0.305 e. The first-order valence-electron chi connectivity index (χ1n) is 7.04. The highest BCUT2D eigenvalue weighted by atomic mass is 16.5. The zero-order valence-electron chi connectivity index (χ0n) is 12.1. The van der Waals surface area contributed by atoms with Crippen LogP contribution in [-0.2, 0) is 14.3 Å². The van der Waals surface area contributed by atoms with Crippen LogP contribution in [0.5, 0.6) is 0 Å². The van der Waals surface area contributed by atoms with Gasteiger partial charge in [-0.05, 0) is 31.6 Å². The highest BCUT2D eigenvalue weighted by molar-refractivity contribution is 5.86. The first kappa shape index (κ1) is 15.2. The van der Waals surface area contributed by atoms with E-state index in [1.165, 1.54) is 0 Å². The molecule has 104 valence electrons. The van der Waals surface area contributed by atoms with Crippen LogP contribution in [0.25, 0.3) is 0 Å². The average molecular weight is 254 g/mol. The standard InChI is InChI=1S/C15H26O3/c1-5-13(16)18-10-11-6-8-12(9-7-11)14(17)15(2,3)4/h11-12H,5-10H2,1-4H3. The third kappa shape index (κ3) is 4.43. The number of hydrogen-bond acceptors (Lipinski definition) is 3. The molecule has 18 heavy (non-hydrogen) atoms. The van der Waals surface area contributed by atoms with Gasteiger partial charge >= 0.3 is 5.97 Å². The minimum atomic E-state index is -0.230. The van der Waals surface area contributed by atoms with Crippen molar-refractivity contribution in [3.05, 3.63) is 0 Å². The van der Waals surface area contributed by atoms with E-state index in [9.17, 15) is 9.59 Å². The molecule has 0 aromatic heterocycles. The Labute approximate surface area is 110 Å². The van der Waals surface area contributed by atoms with Crippen molar-refractivity contribution >= 4 is 11.8 Å². The molecule has 1 fully saturated rings. The van der Waals surface area contributed by atoms with Crippen molar-refractivity contribution < 1.29 is 14.3 Å². The number of carbonyl (C=O) groups excluding carboxylic acids is 2. The lowest BCUT2D eigenvalue weighted by atomic mass is 9.74. The molecule has 0 N–H and O–H groups in total. The van der Waals surface area contributed by atoms with Gasteiger partial charge in [-0.3, -0.25) is 9.59 Å². The molecule has 3 heteroatoms. The van der Waals surface area contributed by atoms with E-state index in [0.717, 1.165) is 25.7 Å². The molecule has 0 atom stereocenters. The Bertz CT molecular complexity index is 293. The van der Waals surface area contributed by atoms with Gasteiger partial charge in [0.25, 0.3) is 0 Å². The van der Waals surface area contributed by atoms with Crippen LogP contribution < -0.4 is 0 Å². The number of ketones is 1. The van der Waals surface area contributed by atoms with Crippen molar-refractivity contribution in [2.24, 2.45) is 17.3 Å². The smallest absolute Gasteiger partial charge is 0.305 e. The van der Waals surface area contributed by atoms with Gasteiger partial charge in [-0.1, -0.05) is 27.7 Å². The van der Waals surface area contributed by atoms with Crippen LogP contribution in [0.15, 0.2) is 0 Å². The Kier molecular flexibility index (Phi) is 5.36. The predicted molar refractivity (Wildman–Crippen MR) is 71.2 cm³/mol. The molecule has 1 rings (SSSR count). The molecule has 0 aromatic carbocycles. The third-order valence-corrected chi connectivity index (χ3v) is 3.73. The molecule has 1 aliphatic carbocycles. The molecule has 0 heterocycles. The normalized spacial score (nSPS) is 24.7. The number of ether oxygens (including phenoxy) is 1. The molecule has 0 aromatic rings. The molecule has 0 spiro atoms.